The van der Waals surface area contributed by atoms with Gasteiger partial charge in [-0.1, -0.05) is 18.2 Å². The van der Waals surface area contributed by atoms with Crippen molar-refractivity contribution in [1.82, 2.24) is 15.5 Å². The highest BCUT2D eigenvalue weighted by Gasteiger charge is 2.39. The first-order valence-electron chi connectivity index (χ1n) is 7.96. The van der Waals surface area contributed by atoms with E-state index in [0.29, 0.717) is 37.2 Å². The molecule has 1 aromatic carbocycles. The zero-order valence-corrected chi connectivity index (χ0v) is 13.2. The Kier molecular flexibility index (Phi) is 4.50. The summed E-state index contributed by atoms with van der Waals surface area (Å²) in [7, 11) is 0. The van der Waals surface area contributed by atoms with Gasteiger partial charge >= 0.3 is 6.03 Å². The summed E-state index contributed by atoms with van der Waals surface area (Å²) in [6.45, 7) is 4.35. The maximum atomic E-state index is 12.7. The SMILES string of the molecule is C=CCNC(=O)N[C@H]1CCN2C(=O)c3ccccc3NC(=O)[C@@H]2C1. The lowest BCUT2D eigenvalue weighted by Crippen LogP contribution is -2.56. The van der Waals surface area contributed by atoms with Crippen molar-refractivity contribution in [1.29, 1.82) is 0 Å². The fourth-order valence-electron chi connectivity index (χ4n) is 3.14. The number of para-hydroxylation sites is 1. The van der Waals surface area contributed by atoms with Crippen molar-refractivity contribution in [2.24, 2.45) is 0 Å². The molecule has 2 aliphatic rings. The van der Waals surface area contributed by atoms with Gasteiger partial charge in [0.2, 0.25) is 5.91 Å². The number of nitrogens with one attached hydrogen (secondary N) is 3. The Balaban J connectivity index is 1.73. The van der Waals surface area contributed by atoms with Crippen molar-refractivity contribution in [2.75, 3.05) is 18.4 Å². The van der Waals surface area contributed by atoms with Gasteiger partial charge in [0.15, 0.2) is 0 Å². The van der Waals surface area contributed by atoms with Gasteiger partial charge < -0.3 is 20.9 Å². The van der Waals surface area contributed by atoms with Crippen LogP contribution in [0, 0.1) is 0 Å². The van der Waals surface area contributed by atoms with Crippen molar-refractivity contribution in [3.63, 3.8) is 0 Å². The lowest BCUT2D eigenvalue weighted by Gasteiger charge is -2.37. The number of piperidine rings is 1. The third-order valence-corrected chi connectivity index (χ3v) is 4.32. The van der Waals surface area contributed by atoms with E-state index in [4.69, 9.17) is 0 Å². The molecule has 24 heavy (non-hydrogen) atoms. The van der Waals surface area contributed by atoms with E-state index in [1.807, 2.05) is 0 Å². The van der Waals surface area contributed by atoms with Crippen LogP contribution in [0.15, 0.2) is 36.9 Å². The Hall–Kier alpha value is -2.83. The molecule has 0 aromatic heterocycles. The molecule has 1 aromatic rings. The average molecular weight is 328 g/mol. The number of urea groups is 1. The van der Waals surface area contributed by atoms with Crippen molar-refractivity contribution in [3.05, 3.63) is 42.5 Å². The van der Waals surface area contributed by atoms with Gasteiger partial charge in [0, 0.05) is 19.1 Å². The number of benzene rings is 1. The molecule has 0 aliphatic carbocycles. The Morgan fingerprint density at radius 2 is 2.17 bits per heavy atom. The molecule has 2 aliphatic heterocycles. The van der Waals surface area contributed by atoms with Gasteiger partial charge in [-0.25, -0.2) is 4.79 Å². The Morgan fingerprint density at radius 1 is 1.38 bits per heavy atom. The second-order valence-electron chi connectivity index (χ2n) is 5.91. The van der Waals surface area contributed by atoms with Crippen LogP contribution in [0.4, 0.5) is 10.5 Å². The number of hydrogen-bond donors (Lipinski definition) is 3. The normalized spacial score (nSPS) is 22.6. The van der Waals surface area contributed by atoms with E-state index >= 15 is 0 Å². The van der Waals surface area contributed by atoms with Crippen LogP contribution >= 0.6 is 0 Å². The van der Waals surface area contributed by atoms with E-state index in [9.17, 15) is 14.4 Å². The molecule has 126 valence electrons. The molecule has 0 bridgehead atoms. The Morgan fingerprint density at radius 3 is 2.96 bits per heavy atom. The predicted octanol–water partition coefficient (Wildman–Crippen LogP) is 1.10. The summed E-state index contributed by atoms with van der Waals surface area (Å²) in [6.07, 6.45) is 2.60. The molecule has 2 heterocycles. The third kappa shape index (κ3) is 3.10. The van der Waals surface area contributed by atoms with Crippen LogP contribution in [0.2, 0.25) is 0 Å². The maximum absolute atomic E-state index is 12.7. The van der Waals surface area contributed by atoms with Gasteiger partial charge in [-0.3, -0.25) is 9.59 Å². The van der Waals surface area contributed by atoms with Crippen LogP contribution in [0.25, 0.3) is 0 Å². The molecule has 1 saturated heterocycles. The highest BCUT2D eigenvalue weighted by molar-refractivity contribution is 6.09. The number of hydrogen-bond acceptors (Lipinski definition) is 3. The number of amides is 4. The van der Waals surface area contributed by atoms with E-state index in [1.54, 1.807) is 35.2 Å². The molecular formula is C17H20N4O3. The molecule has 7 heteroatoms. The zero-order chi connectivity index (χ0) is 17.1. The lowest BCUT2D eigenvalue weighted by molar-refractivity contribution is -0.121. The van der Waals surface area contributed by atoms with Crippen LogP contribution in [0.1, 0.15) is 23.2 Å². The van der Waals surface area contributed by atoms with Crippen LogP contribution in [-0.4, -0.2) is 47.9 Å². The second-order valence-corrected chi connectivity index (χ2v) is 5.91. The molecule has 3 N–H and O–H groups in total. The van der Waals surface area contributed by atoms with Gasteiger partial charge in [0.1, 0.15) is 6.04 Å². The standard InChI is InChI=1S/C17H20N4O3/c1-2-8-18-17(24)19-11-7-9-21-14(10-11)15(22)20-13-6-4-3-5-12(13)16(21)23/h2-6,11,14H,1,7-10H2,(H,20,22)(H2,18,19,24)/t11-,14-/m0/s1. The van der Waals surface area contributed by atoms with Crippen LogP contribution in [0.3, 0.4) is 0 Å². The van der Waals surface area contributed by atoms with E-state index < -0.39 is 6.04 Å². The summed E-state index contributed by atoms with van der Waals surface area (Å²) in [6, 6.07) is 5.97. The minimum Gasteiger partial charge on any atom is -0.335 e. The first kappa shape index (κ1) is 16.0. The fraction of sp³-hybridized carbons (Fsp3) is 0.353. The number of carbonyl (C=O) groups is 3. The topological polar surface area (TPSA) is 90.5 Å². The van der Waals surface area contributed by atoms with Crippen molar-refractivity contribution >= 4 is 23.5 Å². The summed E-state index contributed by atoms with van der Waals surface area (Å²) in [5, 5.41) is 8.31. The van der Waals surface area contributed by atoms with Crippen LogP contribution in [0.5, 0.6) is 0 Å². The molecule has 4 amide bonds. The van der Waals surface area contributed by atoms with Crippen molar-refractivity contribution < 1.29 is 14.4 Å². The first-order chi connectivity index (χ1) is 11.6. The Bertz CT molecular complexity index is 688. The summed E-state index contributed by atoms with van der Waals surface area (Å²) in [5.41, 5.74) is 1.04. The predicted molar refractivity (Wildman–Crippen MR) is 89.6 cm³/mol. The fourth-order valence-corrected chi connectivity index (χ4v) is 3.14. The lowest BCUT2D eigenvalue weighted by atomic mass is 9.96. The van der Waals surface area contributed by atoms with E-state index in [2.05, 4.69) is 22.5 Å². The number of carbonyl (C=O) groups excluding carboxylic acids is 3. The largest absolute Gasteiger partial charge is 0.335 e. The smallest absolute Gasteiger partial charge is 0.315 e. The van der Waals surface area contributed by atoms with E-state index in [1.165, 1.54) is 0 Å². The van der Waals surface area contributed by atoms with E-state index in [0.717, 1.165) is 0 Å². The summed E-state index contributed by atoms with van der Waals surface area (Å²) in [4.78, 5) is 38.6. The minimum absolute atomic E-state index is 0.150. The van der Waals surface area contributed by atoms with E-state index in [-0.39, 0.29) is 23.9 Å². The van der Waals surface area contributed by atoms with Crippen molar-refractivity contribution in [3.8, 4) is 0 Å². The maximum Gasteiger partial charge on any atom is 0.315 e. The Labute approximate surface area is 140 Å². The zero-order valence-electron chi connectivity index (χ0n) is 13.2. The van der Waals surface area contributed by atoms with Gasteiger partial charge in [-0.2, -0.15) is 0 Å². The summed E-state index contributed by atoms with van der Waals surface area (Å²) in [5.74, 6) is -0.366. The molecule has 2 atom stereocenters. The summed E-state index contributed by atoms with van der Waals surface area (Å²) >= 11 is 0. The van der Waals surface area contributed by atoms with Crippen LogP contribution in [-0.2, 0) is 4.79 Å². The van der Waals surface area contributed by atoms with Gasteiger partial charge in [0.05, 0.1) is 11.3 Å². The molecule has 0 radical (unpaired) electrons. The highest BCUT2D eigenvalue weighted by atomic mass is 16.2. The molecule has 0 unspecified atom stereocenters. The molecule has 3 rings (SSSR count). The number of fused-ring (bicyclic) bond motifs is 2. The molecule has 1 fully saturated rings. The molecule has 7 nitrogen and oxygen atoms in total. The van der Waals surface area contributed by atoms with Gasteiger partial charge in [0.25, 0.3) is 5.91 Å². The monoisotopic (exact) mass is 328 g/mol. The first-order valence-corrected chi connectivity index (χ1v) is 7.96. The van der Waals surface area contributed by atoms with Crippen molar-refractivity contribution in [2.45, 2.75) is 24.9 Å². The number of nitrogens with zero attached hydrogens (tertiary/aromatic N) is 1. The van der Waals surface area contributed by atoms with Gasteiger partial charge in [-0.05, 0) is 25.0 Å². The quantitative estimate of drug-likeness (QED) is 0.726. The molecule has 0 saturated carbocycles. The molecular weight excluding hydrogens is 308 g/mol. The highest BCUT2D eigenvalue weighted by Crippen LogP contribution is 2.28. The second kappa shape index (κ2) is 6.74. The van der Waals surface area contributed by atoms with Gasteiger partial charge in [-0.15, -0.1) is 6.58 Å². The number of anilines is 1. The van der Waals surface area contributed by atoms with Crippen LogP contribution < -0.4 is 16.0 Å². The summed E-state index contributed by atoms with van der Waals surface area (Å²) < 4.78 is 0. The minimum atomic E-state index is -0.580. The average Bonchev–Trinajstić information content (AvgIpc) is 2.69. The molecule has 0 spiro atoms. The number of rotatable bonds is 3. The third-order valence-electron chi connectivity index (χ3n) is 4.32.